The van der Waals surface area contributed by atoms with Crippen molar-refractivity contribution in [2.75, 3.05) is 5.75 Å². The van der Waals surface area contributed by atoms with Crippen molar-refractivity contribution in [2.24, 2.45) is 0 Å². The van der Waals surface area contributed by atoms with E-state index in [1.54, 1.807) is 0 Å². The summed E-state index contributed by atoms with van der Waals surface area (Å²) in [6.07, 6.45) is -1.82. The standard InChI is InChI=1S/C6H16O3SSi/c1-11(2,3)6-4-5-10(7,8)9/h4-6H2,1-3H3,(H,7,8,9)/i1D3,4D,6D2. The molecule has 0 rings (SSSR count). The molecule has 0 amide bonds. The van der Waals surface area contributed by atoms with E-state index >= 15 is 0 Å². The Morgan fingerprint density at radius 2 is 2.18 bits per heavy atom. The molecule has 0 aliphatic rings. The molecule has 1 N–H and O–H groups in total. The van der Waals surface area contributed by atoms with E-state index in [-0.39, 0.29) is 0 Å². The van der Waals surface area contributed by atoms with Gasteiger partial charge in [0.15, 0.2) is 0 Å². The fourth-order valence-electron chi connectivity index (χ4n) is 0.402. The summed E-state index contributed by atoms with van der Waals surface area (Å²) in [6.45, 7) is -0.0634. The maximum atomic E-state index is 10.6. The minimum Gasteiger partial charge on any atom is -0.286 e. The van der Waals surface area contributed by atoms with Gasteiger partial charge in [-0.2, -0.15) is 8.42 Å². The van der Waals surface area contributed by atoms with Crippen LogP contribution in [0.1, 0.15) is 14.6 Å². The first-order valence-corrected chi connectivity index (χ1v) is 7.61. The van der Waals surface area contributed by atoms with E-state index in [1.807, 2.05) is 0 Å². The third-order valence-electron chi connectivity index (χ3n) is 0.757. The van der Waals surface area contributed by atoms with Crippen molar-refractivity contribution >= 4 is 18.2 Å². The van der Waals surface area contributed by atoms with Gasteiger partial charge in [0.2, 0.25) is 0 Å². The highest BCUT2D eigenvalue weighted by atomic mass is 32.2. The Morgan fingerprint density at radius 1 is 1.64 bits per heavy atom. The zero-order valence-corrected chi connectivity index (χ0v) is 8.27. The van der Waals surface area contributed by atoms with Crippen LogP contribution in [-0.4, -0.2) is 26.8 Å². The topological polar surface area (TPSA) is 54.4 Å². The lowest BCUT2D eigenvalue weighted by Crippen LogP contribution is -2.20. The number of hydrogen-bond acceptors (Lipinski definition) is 2. The maximum Gasteiger partial charge on any atom is 0.264 e. The largest absolute Gasteiger partial charge is 0.286 e. The van der Waals surface area contributed by atoms with Gasteiger partial charge in [-0.3, -0.25) is 4.55 Å². The van der Waals surface area contributed by atoms with Crippen molar-refractivity contribution < 1.29 is 21.2 Å². The first-order chi connectivity index (χ1) is 7.13. The lowest BCUT2D eigenvalue weighted by Gasteiger charge is -2.13. The van der Waals surface area contributed by atoms with Gasteiger partial charge < -0.3 is 0 Å². The highest BCUT2D eigenvalue weighted by molar-refractivity contribution is 7.85. The van der Waals surface area contributed by atoms with Gasteiger partial charge in [-0.25, -0.2) is 0 Å². The molecule has 11 heavy (non-hydrogen) atoms. The predicted molar refractivity (Wildman–Crippen MR) is 49.2 cm³/mol. The molecule has 1 unspecified atom stereocenters. The van der Waals surface area contributed by atoms with E-state index in [0.29, 0.717) is 0 Å². The molecular weight excluding hydrogens is 180 g/mol. The first kappa shape index (κ1) is 4.39. The molecule has 0 saturated heterocycles. The molecule has 0 aromatic heterocycles. The highest BCUT2D eigenvalue weighted by Gasteiger charge is 2.14. The molecule has 0 saturated carbocycles. The summed E-state index contributed by atoms with van der Waals surface area (Å²) in [5, 5.41) is 0. The van der Waals surface area contributed by atoms with Crippen LogP contribution < -0.4 is 0 Å². The summed E-state index contributed by atoms with van der Waals surface area (Å²) in [7, 11) is -8.03. The number of hydrogen-bond donors (Lipinski definition) is 1. The summed E-state index contributed by atoms with van der Waals surface area (Å²) >= 11 is 0. The summed E-state index contributed by atoms with van der Waals surface area (Å²) in [5.74, 6) is -3.56. The zero-order chi connectivity index (χ0) is 14.3. The van der Waals surface area contributed by atoms with Gasteiger partial charge in [-0.05, 0) is 6.40 Å². The molecule has 1 atom stereocenters. The van der Waals surface area contributed by atoms with Crippen molar-refractivity contribution in [3.8, 4) is 0 Å². The van der Waals surface area contributed by atoms with Gasteiger partial charge in [0.25, 0.3) is 10.1 Å². The van der Waals surface area contributed by atoms with Crippen LogP contribution in [0, 0.1) is 0 Å². The van der Waals surface area contributed by atoms with E-state index in [0.717, 1.165) is 0 Å². The molecule has 0 heterocycles. The van der Waals surface area contributed by atoms with Crippen LogP contribution >= 0.6 is 0 Å². The summed E-state index contributed by atoms with van der Waals surface area (Å²) in [5.41, 5.74) is 0. The second-order valence-electron chi connectivity index (χ2n) is 2.72. The van der Waals surface area contributed by atoms with E-state index in [4.69, 9.17) is 12.8 Å². The maximum absolute atomic E-state index is 10.6. The van der Waals surface area contributed by atoms with Crippen LogP contribution in [0.15, 0.2) is 0 Å². The second kappa shape index (κ2) is 3.69. The third kappa shape index (κ3) is 10.1. The van der Waals surface area contributed by atoms with Crippen LogP contribution in [0.5, 0.6) is 0 Å². The van der Waals surface area contributed by atoms with E-state index in [1.165, 1.54) is 13.1 Å². The monoisotopic (exact) mass is 202 g/mol. The van der Waals surface area contributed by atoms with Gasteiger partial charge in [0.05, 0.1) is 5.75 Å². The van der Waals surface area contributed by atoms with Crippen LogP contribution in [-0.2, 0) is 10.1 Å². The quantitative estimate of drug-likeness (QED) is 0.556. The SMILES string of the molecule is [2H]C(CS(=O)(=O)O)C([2H])([2H])[Si](C)(C)C([2H])([2H])[2H]. The zero-order valence-electron chi connectivity index (χ0n) is 12.5. The Hall–Kier alpha value is 0.127. The van der Waals surface area contributed by atoms with Gasteiger partial charge in [-0.15, -0.1) is 0 Å². The van der Waals surface area contributed by atoms with Crippen molar-refractivity contribution in [1.82, 2.24) is 0 Å². The van der Waals surface area contributed by atoms with Crippen molar-refractivity contribution in [2.45, 2.75) is 32.0 Å². The number of rotatable bonds is 4. The van der Waals surface area contributed by atoms with Gasteiger partial charge in [-0.1, -0.05) is 25.6 Å². The summed E-state index contributed by atoms with van der Waals surface area (Å²) in [6, 6.07) is 0. The molecule has 0 fully saturated rings. The minimum atomic E-state index is -4.50. The van der Waals surface area contributed by atoms with E-state index < -0.39 is 42.8 Å². The Bertz CT molecular complexity index is 376. The first-order valence-electron chi connectivity index (χ1n) is 6.08. The van der Waals surface area contributed by atoms with Crippen LogP contribution in [0.3, 0.4) is 0 Å². The Kier molecular flexibility index (Phi) is 1.47. The smallest absolute Gasteiger partial charge is 0.264 e. The highest BCUT2D eigenvalue weighted by Crippen LogP contribution is 2.11. The van der Waals surface area contributed by atoms with Crippen molar-refractivity contribution in [3.05, 3.63) is 0 Å². The molecule has 68 valence electrons. The third-order valence-corrected chi connectivity index (χ3v) is 2.27. The van der Waals surface area contributed by atoms with E-state index in [9.17, 15) is 8.42 Å². The minimum absolute atomic E-state index is 1.10. The Labute approximate surface area is 78.0 Å². The molecule has 3 nitrogen and oxygen atoms in total. The lowest BCUT2D eigenvalue weighted by atomic mass is 10.6. The normalized spacial score (nSPS) is 26.8. The van der Waals surface area contributed by atoms with Gasteiger partial charge >= 0.3 is 0 Å². The van der Waals surface area contributed by atoms with Crippen LogP contribution in [0.4, 0.5) is 0 Å². The van der Waals surface area contributed by atoms with Crippen molar-refractivity contribution in [3.63, 3.8) is 0 Å². The second-order valence-corrected chi connectivity index (χ2v) is 7.76. The molecule has 0 bridgehead atoms. The van der Waals surface area contributed by atoms with Crippen molar-refractivity contribution in [1.29, 1.82) is 0 Å². The summed E-state index contributed by atoms with van der Waals surface area (Å²) in [4.78, 5) is 0. The average molecular weight is 202 g/mol. The Balaban J connectivity index is 5.27. The molecule has 5 heteroatoms. The predicted octanol–water partition coefficient (Wildman–Crippen LogP) is 1.60. The molecular formula is C6H16O3SSi. The molecule has 0 aliphatic heterocycles. The van der Waals surface area contributed by atoms with Crippen LogP contribution in [0.25, 0.3) is 0 Å². The molecule has 0 aliphatic carbocycles. The van der Waals surface area contributed by atoms with Crippen LogP contribution in [0.2, 0.25) is 25.6 Å². The fourth-order valence-corrected chi connectivity index (χ4v) is 1.46. The average Bonchev–Trinajstić information content (AvgIpc) is 1.97. The Morgan fingerprint density at radius 3 is 2.55 bits per heavy atom. The molecule has 0 aromatic carbocycles. The van der Waals surface area contributed by atoms with E-state index in [2.05, 4.69) is 0 Å². The fraction of sp³-hybridized carbons (Fsp3) is 1.00. The van der Waals surface area contributed by atoms with Gasteiger partial charge in [0, 0.05) is 16.3 Å². The lowest BCUT2D eigenvalue weighted by molar-refractivity contribution is 0.482. The molecule has 0 radical (unpaired) electrons. The van der Waals surface area contributed by atoms with Gasteiger partial charge in [0.1, 0.15) is 0 Å². The molecule has 0 aromatic rings. The molecule has 0 spiro atoms. The summed E-state index contributed by atoms with van der Waals surface area (Å²) < 4.78 is 74.4.